The highest BCUT2D eigenvalue weighted by molar-refractivity contribution is 8.26. The molecule has 1 aromatic rings. The fourth-order valence-electron chi connectivity index (χ4n) is 2.26. The highest BCUT2D eigenvalue weighted by Gasteiger charge is 2.33. The average Bonchev–Trinajstić information content (AvgIpc) is 2.83. The quantitative estimate of drug-likeness (QED) is 0.561. The lowest BCUT2D eigenvalue weighted by molar-refractivity contribution is -0.308. The number of thioether (sulfide) groups is 1. The summed E-state index contributed by atoms with van der Waals surface area (Å²) in [4.78, 5) is 37.1. The van der Waals surface area contributed by atoms with E-state index in [1.54, 1.807) is 13.0 Å². The van der Waals surface area contributed by atoms with Crippen LogP contribution >= 0.6 is 24.0 Å². The molecule has 0 aliphatic carbocycles. The van der Waals surface area contributed by atoms with Crippen LogP contribution in [0.25, 0.3) is 6.08 Å². The number of aliphatic carboxylic acids is 1. The largest absolute Gasteiger partial charge is 0.548 e. The lowest BCUT2D eigenvalue weighted by atomic mass is 10.1. The van der Waals surface area contributed by atoms with Gasteiger partial charge in [0.15, 0.2) is 0 Å². The van der Waals surface area contributed by atoms with Crippen LogP contribution in [0.2, 0.25) is 0 Å². The molecule has 0 saturated carbocycles. The maximum Gasteiger partial charge on any atom is 0.266 e. The highest BCUT2D eigenvalue weighted by atomic mass is 32.2. The third kappa shape index (κ3) is 5.14. The second kappa shape index (κ2) is 8.77. The monoisotopic (exact) mass is 377 g/mol. The van der Waals surface area contributed by atoms with Gasteiger partial charge in [-0.2, -0.15) is 0 Å². The van der Waals surface area contributed by atoms with Gasteiger partial charge >= 0.3 is 0 Å². The van der Waals surface area contributed by atoms with Crippen molar-refractivity contribution in [3.63, 3.8) is 0 Å². The van der Waals surface area contributed by atoms with Crippen molar-refractivity contribution in [2.45, 2.75) is 25.8 Å². The summed E-state index contributed by atoms with van der Waals surface area (Å²) in [6.07, 6.45) is 2.55. The molecule has 132 valence electrons. The Labute approximate surface area is 155 Å². The zero-order chi connectivity index (χ0) is 18.4. The molecule has 0 radical (unpaired) electrons. The maximum absolute atomic E-state index is 12.4. The molecular formula is C17H17N2O4S2-. The van der Waals surface area contributed by atoms with Crippen molar-refractivity contribution in [3.8, 4) is 0 Å². The van der Waals surface area contributed by atoms with E-state index in [9.17, 15) is 19.5 Å². The van der Waals surface area contributed by atoms with Crippen LogP contribution in [0.1, 0.15) is 25.3 Å². The fourth-order valence-corrected chi connectivity index (χ4v) is 3.51. The number of carboxylic acids is 1. The number of nitrogens with zero attached hydrogens (tertiary/aromatic N) is 1. The Morgan fingerprint density at radius 1 is 1.36 bits per heavy atom. The molecule has 0 bridgehead atoms. The topological polar surface area (TPSA) is 89.5 Å². The zero-order valence-corrected chi connectivity index (χ0v) is 15.2. The molecule has 8 heteroatoms. The minimum atomic E-state index is -1.34. The van der Waals surface area contributed by atoms with E-state index in [2.05, 4.69) is 5.32 Å². The third-order valence-electron chi connectivity index (χ3n) is 3.47. The summed E-state index contributed by atoms with van der Waals surface area (Å²) in [5.41, 5.74) is 0.854. The molecule has 1 aliphatic heterocycles. The van der Waals surface area contributed by atoms with Gasteiger partial charge in [-0.1, -0.05) is 67.7 Å². The summed E-state index contributed by atoms with van der Waals surface area (Å²) in [6.45, 7) is 1.49. The van der Waals surface area contributed by atoms with Crippen LogP contribution < -0.4 is 10.4 Å². The molecule has 1 aliphatic rings. The molecule has 6 nitrogen and oxygen atoms in total. The normalized spacial score (nSPS) is 17.0. The first-order valence-corrected chi connectivity index (χ1v) is 8.95. The van der Waals surface area contributed by atoms with Crippen molar-refractivity contribution in [2.75, 3.05) is 6.54 Å². The molecule has 1 heterocycles. The molecule has 2 amide bonds. The minimum Gasteiger partial charge on any atom is -0.548 e. The van der Waals surface area contributed by atoms with Crippen molar-refractivity contribution >= 4 is 52.2 Å². The van der Waals surface area contributed by atoms with Crippen molar-refractivity contribution in [1.29, 1.82) is 0 Å². The van der Waals surface area contributed by atoms with Gasteiger partial charge in [-0.3, -0.25) is 14.5 Å². The van der Waals surface area contributed by atoms with Gasteiger partial charge in [0.1, 0.15) is 10.9 Å². The first-order valence-electron chi connectivity index (χ1n) is 7.73. The number of thiocarbonyl (C=S) groups is 1. The van der Waals surface area contributed by atoms with E-state index in [1.165, 1.54) is 4.90 Å². The predicted octanol–water partition coefficient (Wildman–Crippen LogP) is 0.923. The first-order chi connectivity index (χ1) is 11.9. The van der Waals surface area contributed by atoms with Crippen LogP contribution in [-0.2, 0) is 14.4 Å². The summed E-state index contributed by atoms with van der Waals surface area (Å²) < 4.78 is 0.267. The number of hydrogen-bond donors (Lipinski definition) is 1. The molecule has 1 fully saturated rings. The Morgan fingerprint density at radius 3 is 2.64 bits per heavy atom. The van der Waals surface area contributed by atoms with E-state index < -0.39 is 17.9 Å². The van der Waals surface area contributed by atoms with E-state index in [-0.39, 0.29) is 23.2 Å². The van der Waals surface area contributed by atoms with E-state index in [0.717, 1.165) is 17.3 Å². The number of amides is 2. The van der Waals surface area contributed by atoms with Gasteiger partial charge in [0.05, 0.1) is 16.9 Å². The van der Waals surface area contributed by atoms with Gasteiger partial charge in [-0.25, -0.2) is 0 Å². The van der Waals surface area contributed by atoms with Gasteiger partial charge in [-0.15, -0.1) is 0 Å². The zero-order valence-electron chi connectivity index (χ0n) is 13.6. The number of hydrogen-bond acceptors (Lipinski definition) is 6. The van der Waals surface area contributed by atoms with E-state index in [0.29, 0.717) is 11.3 Å². The standard InChI is InChI=1S/C17H18N2O4S2/c1-2-6-12(16(22)23)18-14(20)10-19-15(21)13(25-17(19)24)9-11-7-4-3-5-8-11/h3-5,7-9,12H,2,6,10H2,1H3,(H,18,20)(H,22,23)/p-1/b13-9-/t12-/m0/s1. The van der Waals surface area contributed by atoms with Crippen LogP contribution in [0.4, 0.5) is 0 Å². The van der Waals surface area contributed by atoms with Crippen molar-refractivity contribution < 1.29 is 19.5 Å². The molecular weight excluding hydrogens is 360 g/mol. The van der Waals surface area contributed by atoms with Gasteiger partial charge < -0.3 is 15.2 Å². The van der Waals surface area contributed by atoms with E-state index >= 15 is 0 Å². The number of carbonyl (C=O) groups is 3. The Bertz CT molecular complexity index is 719. The number of nitrogens with one attached hydrogen (secondary N) is 1. The summed E-state index contributed by atoms with van der Waals surface area (Å²) in [5.74, 6) is -2.29. The fraction of sp³-hybridized carbons (Fsp3) is 0.294. The van der Waals surface area contributed by atoms with Crippen LogP contribution in [0.3, 0.4) is 0 Å². The van der Waals surface area contributed by atoms with Gasteiger partial charge in [0.2, 0.25) is 5.91 Å². The summed E-state index contributed by atoms with van der Waals surface area (Å²) in [5, 5.41) is 13.4. The maximum atomic E-state index is 12.4. The number of carboxylic acid groups (broad SMARTS) is 1. The number of carbonyl (C=O) groups excluding carboxylic acids is 3. The second-order valence-electron chi connectivity index (χ2n) is 5.41. The Kier molecular flexibility index (Phi) is 6.72. The summed E-state index contributed by atoms with van der Waals surface area (Å²) in [6, 6.07) is 8.22. The van der Waals surface area contributed by atoms with E-state index in [4.69, 9.17) is 12.2 Å². The molecule has 1 saturated heterocycles. The van der Waals surface area contributed by atoms with Crippen LogP contribution in [-0.4, -0.2) is 39.6 Å². The van der Waals surface area contributed by atoms with Gasteiger partial charge in [0.25, 0.3) is 5.91 Å². The molecule has 2 rings (SSSR count). The Morgan fingerprint density at radius 2 is 2.04 bits per heavy atom. The molecule has 1 N–H and O–H groups in total. The molecule has 1 aromatic carbocycles. The first kappa shape index (κ1) is 19.1. The summed E-state index contributed by atoms with van der Waals surface area (Å²) >= 11 is 6.28. The van der Waals surface area contributed by atoms with Crippen molar-refractivity contribution in [3.05, 3.63) is 40.8 Å². The van der Waals surface area contributed by atoms with Crippen LogP contribution in [0.5, 0.6) is 0 Å². The van der Waals surface area contributed by atoms with Gasteiger partial charge in [-0.05, 0) is 18.1 Å². The third-order valence-corrected chi connectivity index (χ3v) is 4.85. The number of benzene rings is 1. The molecule has 0 unspecified atom stereocenters. The number of rotatable bonds is 7. The SMILES string of the molecule is CCC[C@H](NC(=O)CN1C(=O)/C(=C/c2ccccc2)SC1=S)C(=O)[O-]. The molecule has 25 heavy (non-hydrogen) atoms. The van der Waals surface area contributed by atoms with Crippen molar-refractivity contribution in [1.82, 2.24) is 10.2 Å². The predicted molar refractivity (Wildman–Crippen MR) is 98.2 cm³/mol. The molecule has 1 atom stereocenters. The lowest BCUT2D eigenvalue weighted by Gasteiger charge is -2.21. The van der Waals surface area contributed by atoms with Gasteiger partial charge in [0, 0.05) is 0 Å². The average molecular weight is 377 g/mol. The molecule has 0 aromatic heterocycles. The lowest BCUT2D eigenvalue weighted by Crippen LogP contribution is -2.50. The Balaban J connectivity index is 2.04. The minimum absolute atomic E-state index is 0.264. The molecule has 0 spiro atoms. The van der Waals surface area contributed by atoms with Crippen LogP contribution in [0.15, 0.2) is 35.2 Å². The highest BCUT2D eigenvalue weighted by Crippen LogP contribution is 2.32. The van der Waals surface area contributed by atoms with E-state index in [1.807, 2.05) is 30.3 Å². The van der Waals surface area contributed by atoms with Crippen molar-refractivity contribution in [2.24, 2.45) is 0 Å². The Hall–Kier alpha value is -2.19. The second-order valence-corrected chi connectivity index (χ2v) is 7.08. The van der Waals surface area contributed by atoms with Crippen LogP contribution in [0, 0.1) is 0 Å². The summed E-state index contributed by atoms with van der Waals surface area (Å²) in [7, 11) is 0. The smallest absolute Gasteiger partial charge is 0.266 e.